The van der Waals surface area contributed by atoms with E-state index < -0.39 is 35.4 Å². The Hall–Kier alpha value is -9.72. The number of alkyl halides is 2. The Morgan fingerprint density at radius 1 is 0.508 bits per heavy atom. The van der Waals surface area contributed by atoms with Crippen LogP contribution in [0.1, 0.15) is 218 Å². The Kier molecular flexibility index (Phi) is 54.3. The van der Waals surface area contributed by atoms with E-state index in [1.807, 2.05) is 130 Å². The largest absolute Gasteiger partial charge is 1.00 e. The maximum absolute atomic E-state index is 13.1. The van der Waals surface area contributed by atoms with E-state index in [0.29, 0.717) is 103 Å². The van der Waals surface area contributed by atoms with Gasteiger partial charge in [0.15, 0.2) is 11.6 Å². The van der Waals surface area contributed by atoms with Gasteiger partial charge in [0, 0.05) is 89.8 Å². The number of aromatic carboxylic acids is 1. The first-order chi connectivity index (χ1) is 56.0. The molecule has 30 nitrogen and oxygen atoms in total. The van der Waals surface area contributed by atoms with E-state index in [1.165, 1.54) is 7.11 Å². The number of ketones is 3. The number of rotatable bonds is 24. The maximum atomic E-state index is 13.1. The van der Waals surface area contributed by atoms with Gasteiger partial charge in [0.05, 0.1) is 30.6 Å². The van der Waals surface area contributed by atoms with Crippen LogP contribution in [-0.2, 0) is 116 Å². The number of likely N-dealkylation sites (tertiary alicyclic amines) is 2. The molecule has 3 saturated heterocycles. The van der Waals surface area contributed by atoms with E-state index in [1.54, 1.807) is 52.3 Å². The summed E-state index contributed by atoms with van der Waals surface area (Å²) in [6.07, 6.45) is 10.2. The molecule has 4 aromatic heterocycles. The number of carboxylic acid groups (broad SMARTS) is 1. The number of hydrogen-bond donors (Lipinski definition) is 9. The molecule has 650 valence electrons. The molecule has 0 spiro atoms. The number of carboxylic acids is 1. The molecule has 11 N–H and O–H groups in total. The molecule has 0 unspecified atom stereocenters. The van der Waals surface area contributed by atoms with Crippen molar-refractivity contribution in [2.24, 2.45) is 5.73 Å². The maximum Gasteiger partial charge on any atom is 1.00 e. The number of aromatic nitrogens is 4. The smallest absolute Gasteiger partial charge is 0.870 e. The molecule has 3 atom stereocenters. The monoisotopic (exact) mass is 1760 g/mol. The average molecular weight is 1760 g/mol. The van der Waals surface area contributed by atoms with Gasteiger partial charge in [-0.1, -0.05) is 73.8 Å². The summed E-state index contributed by atoms with van der Waals surface area (Å²) in [6.45, 7) is 22.0. The fraction of sp³-hybridized carbons (Fsp3) is 0.452. The van der Waals surface area contributed by atoms with E-state index in [4.69, 9.17) is 107 Å². The third-order valence-corrected chi connectivity index (χ3v) is 18.5. The zero-order chi connectivity index (χ0) is 88.7. The first-order valence-electron chi connectivity index (χ1n) is 38.0. The quantitative estimate of drug-likeness (QED) is 0.0117. The van der Waals surface area contributed by atoms with Crippen LogP contribution in [0.25, 0.3) is 0 Å². The van der Waals surface area contributed by atoms with Crippen LogP contribution >= 0.6 is 58.0 Å². The van der Waals surface area contributed by atoms with Crippen molar-refractivity contribution in [3.05, 3.63) is 197 Å². The first-order valence-corrected chi connectivity index (χ1v) is 40.2. The summed E-state index contributed by atoms with van der Waals surface area (Å²) in [5.41, 5.74) is 16.2. The molecule has 0 saturated carbocycles. The molecule has 7 heterocycles. The number of amides is 4. The third kappa shape index (κ3) is 41.5. The minimum Gasteiger partial charge on any atom is -0.870 e. The van der Waals surface area contributed by atoms with Crippen LogP contribution < -0.4 is 40.5 Å². The van der Waals surface area contributed by atoms with Crippen LogP contribution in [-0.4, -0.2) is 173 Å². The molecule has 3 aromatic carbocycles. The van der Waals surface area contributed by atoms with Crippen molar-refractivity contribution >= 4 is 130 Å². The summed E-state index contributed by atoms with van der Waals surface area (Å²) in [5, 5.41) is 19.2. The predicted molar refractivity (Wildman–Crippen MR) is 445 cm³/mol. The summed E-state index contributed by atoms with van der Waals surface area (Å²) in [5.74, 6) is -1.06. The molecule has 0 aliphatic carbocycles. The second kappa shape index (κ2) is 59.1. The number of nitrogens with one attached hydrogen (secondary N) is 7. The van der Waals surface area contributed by atoms with Gasteiger partial charge in [-0.15, -0.1) is 23.2 Å². The van der Waals surface area contributed by atoms with Crippen LogP contribution in [0, 0.1) is 6.92 Å². The van der Waals surface area contributed by atoms with Gasteiger partial charge in [-0.25, -0.2) is 19.2 Å². The number of esters is 1. The second-order valence-electron chi connectivity index (χ2n) is 28.5. The Morgan fingerprint density at radius 3 is 1.17 bits per heavy atom. The van der Waals surface area contributed by atoms with E-state index in [2.05, 4.69) is 40.6 Å². The van der Waals surface area contributed by atoms with Gasteiger partial charge in [-0.2, -0.15) is 28.8 Å². The van der Waals surface area contributed by atoms with E-state index in [9.17, 15) is 43.2 Å². The number of aromatic amines is 4. The Labute approximate surface area is 735 Å². The summed E-state index contributed by atoms with van der Waals surface area (Å²) in [4.78, 5) is 173. The summed E-state index contributed by atoms with van der Waals surface area (Å²) in [6, 6.07) is 30.1. The van der Waals surface area contributed by atoms with Gasteiger partial charge in [0.1, 0.15) is 39.8 Å². The second-order valence-corrected chi connectivity index (χ2v) is 30.6. The minimum atomic E-state index is -0.903. The number of methoxy groups -OCH3 is 1. The predicted octanol–water partition coefficient (Wildman–Crippen LogP) is 11.1. The SMILES string of the molecule is CC(C)(C)OC(=O)NCc1ccc(Cl)cc1CCC(=O)[C@@H]1CCCN1.CCc1ccc(C(=O)N2CCC[C@H]2C(=O)CCc2cc(Cl)ccc2CN)[nH]1.CCc1ccc(C(=O)N2CCC[C@H]2C(=O)CCc2cc(Cl)ccc2CNC(=O)OC(C)(C)C)[nH]1.CCc1ccc(C(=O)O)[nH]1.COC(=O)c1ccc(C)[nH]1.ClCCl.O=C=O.O=C=O.O=C=O.[Li+].[OH-]. The third-order valence-electron chi connectivity index (χ3n) is 17.8. The van der Waals surface area contributed by atoms with Crippen LogP contribution in [0.4, 0.5) is 9.59 Å². The van der Waals surface area contributed by atoms with Crippen molar-refractivity contribution in [1.82, 2.24) is 45.7 Å². The van der Waals surface area contributed by atoms with Crippen molar-refractivity contribution in [2.75, 3.05) is 32.1 Å². The molecule has 4 amide bonds. The normalized spacial score (nSPS) is 13.8. The molecule has 3 fully saturated rings. The topological polar surface area (TPSA) is 466 Å². The Bertz CT molecular complexity index is 4440. The number of halogens is 5. The van der Waals surface area contributed by atoms with Crippen molar-refractivity contribution in [3.63, 3.8) is 0 Å². The number of alkyl carbamates (subject to hydrolysis) is 2. The molecular weight excluding hydrogens is 1650 g/mol. The number of carbonyl (C=O) groups is 9. The number of carbonyl (C=O) groups excluding carboxylic acids is 14. The standard InChI is InChI=1S/C26H34ClN3O4.C21H26ClN3O2.C19H27ClN2O3.2C7H9NO2.CH2Cl2.3CO2.Li.H2O/c1-5-20-11-12-21(29-20)24(32)30-14-6-7-22(30)23(31)13-9-17-15-19(27)10-8-18(17)16-28-25(33)34-26(2,3)4;1-2-17-8-9-18(24-17)21(27)25-11-3-4-19(25)20(26)10-6-14-12-16(22)7-5-15(14)13-23;1-19(2,3)25-18(24)22-12-14-6-8-15(20)11-13(14)7-9-17(23)16-5-4-10-21-16;1-5-3-4-6(8-5)7(9)10-2;1-2-5-3-4-6(8-5)7(9)10;4*2-1-3;;/h8,10-12,15,22,29H,5-7,9,13-14,16H2,1-4H3,(H,28,33);5,7-9,12,19,24H,2-4,6,10-11,13,23H2,1H3;6,8,11,16,21H,4-5,7,9-10,12H2,1-3H3,(H,22,24);3-4,8H,1-2H3;3-4,8H,2H2,1H3,(H,9,10);1H2;;;;;1H2/q;;;;;;;;;+1;/p-1/t22-;19-;16-;;;;;;;;/m000......../s1. The molecule has 3 aliphatic heterocycles. The van der Waals surface area contributed by atoms with Crippen LogP contribution in [0.5, 0.6) is 0 Å². The van der Waals surface area contributed by atoms with Crippen LogP contribution in [0.3, 0.4) is 0 Å². The number of nitrogens with two attached hydrogens (primary N) is 1. The van der Waals surface area contributed by atoms with Gasteiger partial charge in [0.25, 0.3) is 11.8 Å². The fourth-order valence-electron chi connectivity index (χ4n) is 12.3. The van der Waals surface area contributed by atoms with Crippen molar-refractivity contribution in [3.8, 4) is 0 Å². The number of aryl methyl sites for hydroxylation is 7. The fourth-order valence-corrected chi connectivity index (χ4v) is 12.9. The van der Waals surface area contributed by atoms with Crippen LogP contribution in [0.2, 0.25) is 15.1 Å². The number of nitrogens with zero attached hydrogens (tertiary/aromatic N) is 2. The van der Waals surface area contributed by atoms with Gasteiger partial charge < -0.3 is 76.2 Å². The number of H-pyrrole nitrogens is 4. The zero-order valence-electron chi connectivity index (χ0n) is 69.7. The first kappa shape index (κ1) is 110. The van der Waals surface area contributed by atoms with Gasteiger partial charge in [-0.3, -0.25) is 24.0 Å². The average Bonchev–Trinajstić information content (AvgIpc) is 1.65. The molecule has 120 heavy (non-hydrogen) atoms. The Balaban J connectivity index is 0.00000149. The van der Waals surface area contributed by atoms with Gasteiger partial charge >= 0.3 is 61.4 Å². The van der Waals surface area contributed by atoms with Crippen molar-refractivity contribution in [1.29, 1.82) is 0 Å². The number of hydrogen-bond acceptors (Lipinski definition) is 21. The Morgan fingerprint density at radius 2 is 0.858 bits per heavy atom. The molecule has 7 aromatic rings. The molecule has 10 rings (SSSR count). The minimum absolute atomic E-state index is 0. The van der Waals surface area contributed by atoms with Crippen LogP contribution in [0.15, 0.2) is 103 Å². The summed E-state index contributed by atoms with van der Waals surface area (Å²) in [7, 11) is 1.36. The van der Waals surface area contributed by atoms with Gasteiger partial charge in [-0.05, 0) is 250 Å². The van der Waals surface area contributed by atoms with Crippen molar-refractivity contribution < 1.29 is 116 Å². The summed E-state index contributed by atoms with van der Waals surface area (Å²) >= 11 is 27.9. The summed E-state index contributed by atoms with van der Waals surface area (Å²) < 4.78 is 15.0. The number of benzene rings is 3. The van der Waals surface area contributed by atoms with Gasteiger partial charge in [0.2, 0.25) is 0 Å². The molecule has 3 aliphatic rings. The number of Topliss-reactive ketones (excluding diaryl/α,β-unsaturated/α-hetero) is 3. The van der Waals surface area contributed by atoms with E-state index in [0.717, 1.165) is 114 Å². The number of ether oxygens (including phenoxy) is 3. The zero-order valence-corrected chi connectivity index (χ0v) is 73.5. The molecule has 0 radical (unpaired) electrons. The molecule has 0 bridgehead atoms. The van der Waals surface area contributed by atoms with E-state index in [-0.39, 0.29) is 108 Å². The van der Waals surface area contributed by atoms with Crippen molar-refractivity contribution in [2.45, 2.75) is 215 Å². The molecular formula is C84H108Cl5LiN10O20. The van der Waals surface area contributed by atoms with E-state index >= 15 is 0 Å². The molecule has 36 heteroatoms.